The Balaban J connectivity index is 3.33. The number of rotatable bonds is 2. The molecule has 1 aromatic rings. The molecule has 0 bridgehead atoms. The van der Waals surface area contributed by atoms with Gasteiger partial charge >= 0.3 is 0 Å². The van der Waals surface area contributed by atoms with Crippen molar-refractivity contribution in [3.05, 3.63) is 17.7 Å². The van der Waals surface area contributed by atoms with Gasteiger partial charge in [-0.3, -0.25) is 0 Å². The van der Waals surface area contributed by atoms with Crippen molar-refractivity contribution < 1.29 is 0 Å². The van der Waals surface area contributed by atoms with Gasteiger partial charge in [0.25, 0.3) is 0 Å². The van der Waals surface area contributed by atoms with Crippen LogP contribution in [0.15, 0.2) is 6.33 Å². The summed E-state index contributed by atoms with van der Waals surface area (Å²) in [6.45, 7) is 13.5. The van der Waals surface area contributed by atoms with E-state index < -0.39 is 0 Å². The Morgan fingerprint density at radius 1 is 1.20 bits per heavy atom. The van der Waals surface area contributed by atoms with Gasteiger partial charge in [-0.1, -0.05) is 41.5 Å². The molecular weight excluding hydrogens is 184 g/mol. The smallest absolute Gasteiger partial charge is 0.0949 e. The SMILES string of the molecule is CCC(C)(C)c1ncn(C)c1C(C)(C)C. The van der Waals surface area contributed by atoms with Gasteiger partial charge in [0.2, 0.25) is 0 Å². The van der Waals surface area contributed by atoms with Crippen molar-refractivity contribution in [1.29, 1.82) is 0 Å². The first-order valence-corrected chi connectivity index (χ1v) is 5.72. The van der Waals surface area contributed by atoms with Crippen molar-refractivity contribution in [3.8, 4) is 0 Å². The molecule has 0 saturated carbocycles. The number of imidazole rings is 1. The zero-order valence-electron chi connectivity index (χ0n) is 11.2. The van der Waals surface area contributed by atoms with Crippen molar-refractivity contribution in [2.75, 3.05) is 0 Å². The predicted octanol–water partition coefficient (Wildman–Crippen LogP) is 3.41. The maximum Gasteiger partial charge on any atom is 0.0949 e. The second-order valence-corrected chi connectivity index (χ2v) is 6.04. The normalized spacial score (nSPS) is 13.3. The quantitative estimate of drug-likeness (QED) is 0.728. The van der Waals surface area contributed by atoms with Gasteiger partial charge in [-0.25, -0.2) is 4.98 Å². The van der Waals surface area contributed by atoms with Crippen LogP contribution in [0.25, 0.3) is 0 Å². The Morgan fingerprint density at radius 2 is 1.73 bits per heavy atom. The Kier molecular flexibility index (Phi) is 2.99. The molecular formula is C13H24N2. The van der Waals surface area contributed by atoms with E-state index in [9.17, 15) is 0 Å². The van der Waals surface area contributed by atoms with Crippen LogP contribution in [0, 0.1) is 0 Å². The van der Waals surface area contributed by atoms with E-state index >= 15 is 0 Å². The molecule has 2 nitrogen and oxygen atoms in total. The Hall–Kier alpha value is -0.790. The van der Waals surface area contributed by atoms with Crippen molar-refractivity contribution >= 4 is 0 Å². The number of aromatic nitrogens is 2. The highest BCUT2D eigenvalue weighted by atomic mass is 15.0. The van der Waals surface area contributed by atoms with Crippen LogP contribution < -0.4 is 0 Å². The maximum absolute atomic E-state index is 4.59. The molecule has 1 heterocycles. The van der Waals surface area contributed by atoms with Crippen LogP contribution >= 0.6 is 0 Å². The van der Waals surface area contributed by atoms with Crippen LogP contribution in [-0.4, -0.2) is 9.55 Å². The van der Waals surface area contributed by atoms with Crippen molar-refractivity contribution in [2.24, 2.45) is 7.05 Å². The van der Waals surface area contributed by atoms with E-state index in [-0.39, 0.29) is 10.8 Å². The summed E-state index contributed by atoms with van der Waals surface area (Å²) in [5.41, 5.74) is 2.94. The first kappa shape index (κ1) is 12.3. The van der Waals surface area contributed by atoms with Gasteiger partial charge in [0, 0.05) is 23.6 Å². The molecule has 0 atom stereocenters. The van der Waals surface area contributed by atoms with Gasteiger partial charge in [0.15, 0.2) is 0 Å². The molecule has 86 valence electrons. The third kappa shape index (κ3) is 2.24. The molecule has 0 unspecified atom stereocenters. The van der Waals surface area contributed by atoms with Gasteiger partial charge in [-0.15, -0.1) is 0 Å². The molecule has 0 fully saturated rings. The molecule has 0 aliphatic heterocycles. The van der Waals surface area contributed by atoms with E-state index in [1.54, 1.807) is 0 Å². The topological polar surface area (TPSA) is 17.8 Å². The van der Waals surface area contributed by atoms with Crippen molar-refractivity contribution in [2.45, 2.75) is 58.8 Å². The molecule has 1 aromatic heterocycles. The second kappa shape index (κ2) is 3.66. The summed E-state index contributed by atoms with van der Waals surface area (Å²) in [5, 5.41) is 0. The van der Waals surface area contributed by atoms with E-state index in [1.165, 1.54) is 11.4 Å². The van der Waals surface area contributed by atoms with Crippen LogP contribution in [0.1, 0.15) is 59.4 Å². The molecule has 0 aliphatic carbocycles. The fraction of sp³-hybridized carbons (Fsp3) is 0.769. The number of hydrogen-bond acceptors (Lipinski definition) is 1. The lowest BCUT2D eigenvalue weighted by atomic mass is 9.79. The summed E-state index contributed by atoms with van der Waals surface area (Å²) in [6.07, 6.45) is 3.06. The second-order valence-electron chi connectivity index (χ2n) is 6.04. The largest absolute Gasteiger partial charge is 0.337 e. The van der Waals surface area contributed by atoms with Crippen LogP contribution in [0.5, 0.6) is 0 Å². The van der Waals surface area contributed by atoms with Gasteiger partial charge < -0.3 is 4.57 Å². The highest BCUT2D eigenvalue weighted by molar-refractivity contribution is 5.27. The zero-order valence-corrected chi connectivity index (χ0v) is 11.2. The highest BCUT2D eigenvalue weighted by Crippen LogP contribution is 2.34. The molecule has 2 heteroatoms. The summed E-state index contributed by atoms with van der Waals surface area (Å²) in [5.74, 6) is 0. The number of nitrogens with zero attached hydrogens (tertiary/aromatic N) is 2. The average Bonchev–Trinajstić information content (AvgIpc) is 2.46. The minimum Gasteiger partial charge on any atom is -0.337 e. The fourth-order valence-electron chi connectivity index (χ4n) is 1.98. The molecule has 0 amide bonds. The zero-order chi connectivity index (χ0) is 11.9. The molecule has 0 spiro atoms. The van der Waals surface area contributed by atoms with E-state index in [2.05, 4.69) is 58.1 Å². The van der Waals surface area contributed by atoms with Gasteiger partial charge in [-0.05, 0) is 6.42 Å². The van der Waals surface area contributed by atoms with E-state index in [1.807, 2.05) is 6.33 Å². The minimum absolute atomic E-state index is 0.160. The molecule has 1 rings (SSSR count). The number of hydrogen-bond donors (Lipinski definition) is 0. The van der Waals surface area contributed by atoms with Crippen LogP contribution in [0.2, 0.25) is 0 Å². The van der Waals surface area contributed by atoms with Crippen molar-refractivity contribution in [1.82, 2.24) is 9.55 Å². The predicted molar refractivity (Wildman–Crippen MR) is 65.2 cm³/mol. The molecule has 15 heavy (non-hydrogen) atoms. The molecule has 0 saturated heterocycles. The Labute approximate surface area is 93.7 Å². The summed E-state index contributed by atoms with van der Waals surface area (Å²) in [6, 6.07) is 0. The van der Waals surface area contributed by atoms with Crippen LogP contribution in [0.4, 0.5) is 0 Å². The fourth-order valence-corrected chi connectivity index (χ4v) is 1.98. The Bertz CT molecular complexity index is 340. The lowest BCUT2D eigenvalue weighted by Crippen LogP contribution is -2.25. The number of aryl methyl sites for hydroxylation is 1. The lowest BCUT2D eigenvalue weighted by molar-refractivity contribution is 0.457. The Morgan fingerprint density at radius 3 is 2.13 bits per heavy atom. The van der Waals surface area contributed by atoms with E-state index in [0.29, 0.717) is 0 Å². The monoisotopic (exact) mass is 208 g/mol. The van der Waals surface area contributed by atoms with Gasteiger partial charge in [0.05, 0.1) is 12.0 Å². The first-order valence-electron chi connectivity index (χ1n) is 5.72. The van der Waals surface area contributed by atoms with Gasteiger partial charge in [-0.2, -0.15) is 0 Å². The van der Waals surface area contributed by atoms with E-state index in [4.69, 9.17) is 0 Å². The van der Waals surface area contributed by atoms with Crippen molar-refractivity contribution in [3.63, 3.8) is 0 Å². The van der Waals surface area contributed by atoms with Crippen LogP contribution in [0.3, 0.4) is 0 Å². The van der Waals surface area contributed by atoms with Crippen LogP contribution in [-0.2, 0) is 17.9 Å². The van der Waals surface area contributed by atoms with Gasteiger partial charge in [0.1, 0.15) is 0 Å². The summed E-state index contributed by atoms with van der Waals surface area (Å²) in [7, 11) is 2.09. The lowest BCUT2D eigenvalue weighted by Gasteiger charge is -2.28. The average molecular weight is 208 g/mol. The maximum atomic E-state index is 4.59. The third-order valence-corrected chi connectivity index (χ3v) is 3.17. The first-order chi connectivity index (χ1) is 6.70. The molecule has 0 N–H and O–H groups in total. The standard InChI is InChI=1S/C13H24N2/c1-8-13(5,6)10-11(12(2,3)4)15(7)9-14-10/h9H,8H2,1-7H3. The molecule has 0 aromatic carbocycles. The highest BCUT2D eigenvalue weighted by Gasteiger charge is 2.30. The third-order valence-electron chi connectivity index (χ3n) is 3.17. The van der Waals surface area contributed by atoms with E-state index in [0.717, 1.165) is 6.42 Å². The molecule has 0 aliphatic rings. The minimum atomic E-state index is 0.160. The summed E-state index contributed by atoms with van der Waals surface area (Å²) in [4.78, 5) is 4.59. The summed E-state index contributed by atoms with van der Waals surface area (Å²) < 4.78 is 2.16. The molecule has 0 radical (unpaired) electrons. The summed E-state index contributed by atoms with van der Waals surface area (Å²) >= 11 is 0.